The number of ether oxygens (including phenoxy) is 1. The Bertz CT molecular complexity index is 959. The first-order valence-corrected chi connectivity index (χ1v) is 10.5. The summed E-state index contributed by atoms with van der Waals surface area (Å²) in [6.07, 6.45) is 0.0839. The lowest BCUT2D eigenvalue weighted by Crippen LogP contribution is -2.46. The van der Waals surface area contributed by atoms with Gasteiger partial charge >= 0.3 is 0 Å². The molecule has 2 aromatic carbocycles. The molecule has 0 aliphatic rings. The molecule has 0 bridgehead atoms. The molecule has 0 fully saturated rings. The molecule has 0 heterocycles. The molecule has 0 saturated heterocycles. The van der Waals surface area contributed by atoms with Gasteiger partial charge in [0.2, 0.25) is 5.91 Å². The number of carbonyl (C=O) groups is 1. The number of hydrogen-bond donors (Lipinski definition) is 3. The smallest absolute Gasteiger partial charge is 0.262 e. The van der Waals surface area contributed by atoms with E-state index < -0.39 is 21.4 Å². The number of sulfonamides is 1. The predicted octanol–water partition coefficient (Wildman–Crippen LogP) is 2.45. The summed E-state index contributed by atoms with van der Waals surface area (Å²) in [7, 11) is -3.98. The van der Waals surface area contributed by atoms with Crippen LogP contribution in [0.1, 0.15) is 26.3 Å². The summed E-state index contributed by atoms with van der Waals surface area (Å²) >= 11 is 0. The first-order chi connectivity index (χ1) is 13.6. The van der Waals surface area contributed by atoms with E-state index in [-0.39, 0.29) is 41.9 Å². The van der Waals surface area contributed by atoms with Crippen LogP contribution in [0.25, 0.3) is 0 Å². The minimum Gasteiger partial charge on any atom is -0.491 e. The molecule has 158 valence electrons. The van der Waals surface area contributed by atoms with Gasteiger partial charge in [0.1, 0.15) is 0 Å². The van der Waals surface area contributed by atoms with Crippen molar-refractivity contribution in [2.45, 2.75) is 37.6 Å². The predicted molar refractivity (Wildman–Crippen MR) is 108 cm³/mol. The van der Waals surface area contributed by atoms with Crippen LogP contribution in [0.4, 0.5) is 10.1 Å². The third-order valence-electron chi connectivity index (χ3n) is 3.96. The molecule has 29 heavy (non-hydrogen) atoms. The van der Waals surface area contributed by atoms with E-state index in [1.807, 2.05) is 0 Å². The second kappa shape index (κ2) is 9.23. The van der Waals surface area contributed by atoms with E-state index >= 15 is 0 Å². The van der Waals surface area contributed by atoms with Gasteiger partial charge in [-0.25, -0.2) is 12.8 Å². The molecule has 0 saturated carbocycles. The summed E-state index contributed by atoms with van der Waals surface area (Å²) in [5, 5.41) is 11.9. The van der Waals surface area contributed by atoms with E-state index in [9.17, 15) is 22.7 Å². The largest absolute Gasteiger partial charge is 0.491 e. The van der Waals surface area contributed by atoms with Crippen molar-refractivity contribution in [1.29, 1.82) is 0 Å². The van der Waals surface area contributed by atoms with E-state index in [0.717, 1.165) is 6.07 Å². The van der Waals surface area contributed by atoms with Gasteiger partial charge in [-0.3, -0.25) is 9.52 Å². The number of carbonyl (C=O) groups excluding carboxylic acids is 1. The molecule has 2 aromatic rings. The molecule has 1 amide bonds. The Hall–Kier alpha value is -2.65. The van der Waals surface area contributed by atoms with Crippen LogP contribution in [0.3, 0.4) is 0 Å². The summed E-state index contributed by atoms with van der Waals surface area (Å²) in [6, 6.07) is 9.69. The highest BCUT2D eigenvalue weighted by Crippen LogP contribution is 2.23. The highest BCUT2D eigenvalue weighted by molar-refractivity contribution is 7.92. The second-order valence-corrected chi connectivity index (χ2v) is 8.78. The zero-order valence-corrected chi connectivity index (χ0v) is 17.3. The number of benzene rings is 2. The molecule has 0 aliphatic carbocycles. The molecular formula is C20H25FN2O5S. The Balaban J connectivity index is 2.07. The van der Waals surface area contributed by atoms with Crippen LogP contribution in [-0.2, 0) is 21.2 Å². The van der Waals surface area contributed by atoms with Crippen LogP contribution in [0, 0.1) is 5.82 Å². The van der Waals surface area contributed by atoms with Crippen molar-refractivity contribution in [1.82, 2.24) is 5.32 Å². The summed E-state index contributed by atoms with van der Waals surface area (Å²) in [4.78, 5) is 11.8. The van der Waals surface area contributed by atoms with E-state index in [4.69, 9.17) is 4.74 Å². The van der Waals surface area contributed by atoms with Gasteiger partial charge in [0.25, 0.3) is 10.0 Å². The normalized spacial score (nSPS) is 11.8. The number of anilines is 1. The average Bonchev–Trinajstić information content (AvgIpc) is 2.64. The number of aliphatic hydroxyl groups is 1. The summed E-state index contributed by atoms with van der Waals surface area (Å²) in [6.45, 7) is 5.18. The fraction of sp³-hybridized carbons (Fsp3) is 0.350. The van der Waals surface area contributed by atoms with Gasteiger partial charge in [-0.05, 0) is 56.7 Å². The Morgan fingerprint density at radius 3 is 2.38 bits per heavy atom. The van der Waals surface area contributed by atoms with Gasteiger partial charge in [-0.15, -0.1) is 0 Å². The topological polar surface area (TPSA) is 105 Å². The third kappa shape index (κ3) is 6.43. The van der Waals surface area contributed by atoms with Crippen molar-refractivity contribution in [3.8, 4) is 5.75 Å². The van der Waals surface area contributed by atoms with Gasteiger partial charge in [0.05, 0.1) is 30.1 Å². The van der Waals surface area contributed by atoms with Crippen LogP contribution in [0.5, 0.6) is 5.75 Å². The Morgan fingerprint density at radius 1 is 1.17 bits per heavy atom. The van der Waals surface area contributed by atoms with Crippen LogP contribution >= 0.6 is 0 Å². The standard InChI is InChI=1S/C20H25FN2O5S/c1-4-28-18-10-9-16(12-17(18)21)29(26,27)23-15-7-5-14(6-8-15)11-19(25)22-20(2,3)13-24/h5-10,12,23-24H,4,11,13H2,1-3H3,(H,22,25). The molecular weight excluding hydrogens is 399 g/mol. The minimum absolute atomic E-state index is 0.0153. The van der Waals surface area contributed by atoms with Gasteiger partial charge in [-0.2, -0.15) is 0 Å². The van der Waals surface area contributed by atoms with Crippen molar-refractivity contribution in [2.75, 3.05) is 17.9 Å². The minimum atomic E-state index is -3.98. The van der Waals surface area contributed by atoms with Crippen LogP contribution in [-0.4, -0.2) is 38.2 Å². The molecule has 7 nitrogen and oxygen atoms in total. The Morgan fingerprint density at radius 2 is 1.83 bits per heavy atom. The number of rotatable bonds is 9. The van der Waals surface area contributed by atoms with Crippen molar-refractivity contribution in [3.05, 3.63) is 53.8 Å². The zero-order valence-electron chi connectivity index (χ0n) is 16.5. The molecule has 3 N–H and O–H groups in total. The lowest BCUT2D eigenvalue weighted by molar-refractivity contribution is -0.122. The monoisotopic (exact) mass is 424 g/mol. The first-order valence-electron chi connectivity index (χ1n) is 9.02. The lowest BCUT2D eigenvalue weighted by Gasteiger charge is -2.23. The summed E-state index contributed by atoms with van der Waals surface area (Å²) in [5.74, 6) is -1.04. The van der Waals surface area contributed by atoms with E-state index in [0.29, 0.717) is 5.56 Å². The van der Waals surface area contributed by atoms with Crippen LogP contribution in [0.2, 0.25) is 0 Å². The van der Waals surface area contributed by atoms with Gasteiger partial charge in [0, 0.05) is 5.69 Å². The van der Waals surface area contributed by atoms with Gasteiger partial charge < -0.3 is 15.2 Å². The number of aliphatic hydroxyl groups excluding tert-OH is 1. The molecule has 0 aromatic heterocycles. The maximum Gasteiger partial charge on any atom is 0.262 e. The van der Waals surface area contributed by atoms with Crippen LogP contribution in [0.15, 0.2) is 47.4 Å². The van der Waals surface area contributed by atoms with E-state index in [1.54, 1.807) is 32.9 Å². The number of nitrogens with one attached hydrogen (secondary N) is 2. The highest BCUT2D eigenvalue weighted by Gasteiger charge is 2.20. The SMILES string of the molecule is CCOc1ccc(S(=O)(=O)Nc2ccc(CC(=O)NC(C)(C)CO)cc2)cc1F. The van der Waals surface area contributed by atoms with E-state index in [1.165, 1.54) is 24.3 Å². The summed E-state index contributed by atoms with van der Waals surface area (Å²) < 4.78 is 46.3. The molecule has 0 spiro atoms. The van der Waals surface area contributed by atoms with Gasteiger partial charge in [0.15, 0.2) is 11.6 Å². The zero-order chi connectivity index (χ0) is 21.7. The molecule has 0 radical (unpaired) electrons. The molecule has 9 heteroatoms. The van der Waals surface area contributed by atoms with Crippen molar-refractivity contribution < 1.29 is 27.4 Å². The Labute approximate surface area is 170 Å². The average molecular weight is 424 g/mol. The highest BCUT2D eigenvalue weighted by atomic mass is 32.2. The maximum absolute atomic E-state index is 14.0. The third-order valence-corrected chi connectivity index (χ3v) is 5.34. The quantitative estimate of drug-likeness (QED) is 0.574. The van der Waals surface area contributed by atoms with Crippen molar-refractivity contribution in [3.63, 3.8) is 0 Å². The fourth-order valence-electron chi connectivity index (χ4n) is 2.47. The maximum atomic E-state index is 14.0. The Kier molecular flexibility index (Phi) is 7.21. The fourth-order valence-corrected chi connectivity index (χ4v) is 3.54. The molecule has 0 aliphatic heterocycles. The lowest BCUT2D eigenvalue weighted by atomic mass is 10.1. The second-order valence-electron chi connectivity index (χ2n) is 7.09. The molecule has 0 unspecified atom stereocenters. The number of hydrogen-bond acceptors (Lipinski definition) is 5. The van der Waals surface area contributed by atoms with E-state index in [2.05, 4.69) is 10.0 Å². The molecule has 0 atom stereocenters. The van der Waals surface area contributed by atoms with Gasteiger partial charge in [-0.1, -0.05) is 12.1 Å². The first kappa shape index (κ1) is 22.6. The summed E-state index contributed by atoms with van der Waals surface area (Å²) in [5.41, 5.74) is 0.227. The van der Waals surface area contributed by atoms with Crippen molar-refractivity contribution in [2.24, 2.45) is 0 Å². The van der Waals surface area contributed by atoms with Crippen molar-refractivity contribution >= 4 is 21.6 Å². The molecule has 2 rings (SSSR count). The number of halogens is 1. The van der Waals surface area contributed by atoms with Crippen LogP contribution < -0.4 is 14.8 Å². The number of amides is 1.